The summed E-state index contributed by atoms with van der Waals surface area (Å²) in [7, 11) is 0. The van der Waals surface area contributed by atoms with Crippen LogP contribution in [0.25, 0.3) is 0 Å². The number of imidazole rings is 1. The molecule has 1 aliphatic heterocycles. The number of nitrogens with zero attached hydrogens (tertiary/aromatic N) is 3. The minimum absolute atomic E-state index is 0.319. The Morgan fingerprint density at radius 1 is 1.44 bits per heavy atom. The molecule has 3 heteroatoms. The minimum Gasteiger partial charge on any atom is -0.337 e. The molecule has 1 saturated heterocycles. The van der Waals surface area contributed by atoms with Gasteiger partial charge in [-0.15, -0.1) is 0 Å². The maximum absolute atomic E-state index is 4.28. The lowest BCUT2D eigenvalue weighted by Crippen LogP contribution is -2.39. The number of aromatic nitrogens is 2. The van der Waals surface area contributed by atoms with E-state index in [1.165, 1.54) is 19.5 Å². The Morgan fingerprint density at radius 2 is 2.19 bits per heavy atom. The monoisotopic (exact) mass is 221 g/mol. The van der Waals surface area contributed by atoms with Crippen LogP contribution in [0, 0.1) is 12.8 Å². The lowest BCUT2D eigenvalue weighted by Gasteiger charge is -2.31. The van der Waals surface area contributed by atoms with Gasteiger partial charge in [0, 0.05) is 24.8 Å². The molecule has 1 aromatic heterocycles. The quantitative estimate of drug-likeness (QED) is 0.764. The van der Waals surface area contributed by atoms with Crippen LogP contribution in [0.5, 0.6) is 0 Å². The third kappa shape index (κ3) is 2.64. The van der Waals surface area contributed by atoms with Crippen LogP contribution in [0.2, 0.25) is 0 Å². The highest BCUT2D eigenvalue weighted by atomic mass is 15.2. The van der Waals surface area contributed by atoms with E-state index in [1.54, 1.807) is 0 Å². The van der Waals surface area contributed by atoms with Gasteiger partial charge >= 0.3 is 0 Å². The van der Waals surface area contributed by atoms with Crippen LogP contribution < -0.4 is 0 Å². The van der Waals surface area contributed by atoms with Crippen molar-refractivity contribution in [2.24, 2.45) is 5.92 Å². The molecule has 1 aromatic rings. The first-order valence-corrected chi connectivity index (χ1v) is 6.18. The van der Waals surface area contributed by atoms with Crippen molar-refractivity contribution in [3.8, 4) is 0 Å². The first-order chi connectivity index (χ1) is 7.45. The van der Waals surface area contributed by atoms with Gasteiger partial charge in [0.05, 0.1) is 12.0 Å². The highest BCUT2D eigenvalue weighted by molar-refractivity contribution is 4.93. The van der Waals surface area contributed by atoms with E-state index in [9.17, 15) is 0 Å². The largest absolute Gasteiger partial charge is 0.337 e. The summed E-state index contributed by atoms with van der Waals surface area (Å²) in [5.74, 6) is 0.785. The van der Waals surface area contributed by atoms with Gasteiger partial charge in [0.25, 0.3) is 0 Å². The van der Waals surface area contributed by atoms with Gasteiger partial charge in [-0.05, 0) is 46.6 Å². The van der Waals surface area contributed by atoms with Crippen LogP contribution in [0.4, 0.5) is 0 Å². The number of aryl methyl sites for hydroxylation is 1. The zero-order valence-electron chi connectivity index (χ0n) is 10.9. The molecule has 2 heterocycles. The molecular weight excluding hydrogens is 198 g/mol. The van der Waals surface area contributed by atoms with Gasteiger partial charge in [0.2, 0.25) is 0 Å². The third-order valence-electron chi connectivity index (χ3n) is 3.47. The van der Waals surface area contributed by atoms with Gasteiger partial charge in [-0.25, -0.2) is 4.98 Å². The van der Waals surface area contributed by atoms with Crippen LogP contribution in [0.1, 0.15) is 32.9 Å². The zero-order valence-corrected chi connectivity index (χ0v) is 10.9. The molecule has 3 nitrogen and oxygen atoms in total. The molecule has 0 amide bonds. The summed E-state index contributed by atoms with van der Waals surface area (Å²) in [6.45, 7) is 12.5. The lowest BCUT2D eigenvalue weighted by atomic mass is 10.1. The fraction of sp³-hybridized carbons (Fsp3) is 0.769. The van der Waals surface area contributed by atoms with E-state index in [2.05, 4.69) is 41.4 Å². The molecule has 1 fully saturated rings. The van der Waals surface area contributed by atoms with E-state index >= 15 is 0 Å². The van der Waals surface area contributed by atoms with Crippen molar-refractivity contribution in [1.82, 2.24) is 14.5 Å². The summed E-state index contributed by atoms with van der Waals surface area (Å²) in [5, 5.41) is 0. The Bertz CT molecular complexity index is 348. The molecule has 0 saturated carbocycles. The second kappa shape index (κ2) is 4.21. The molecule has 0 spiro atoms. The van der Waals surface area contributed by atoms with Crippen molar-refractivity contribution >= 4 is 0 Å². The summed E-state index contributed by atoms with van der Waals surface area (Å²) in [6.07, 6.45) is 5.41. The molecule has 0 aromatic carbocycles. The number of hydrogen-bond donors (Lipinski definition) is 0. The Kier molecular flexibility index (Phi) is 3.06. The van der Waals surface area contributed by atoms with Gasteiger partial charge < -0.3 is 4.57 Å². The molecular formula is C13H23N3. The topological polar surface area (TPSA) is 21.1 Å². The van der Waals surface area contributed by atoms with Crippen molar-refractivity contribution in [1.29, 1.82) is 0 Å². The van der Waals surface area contributed by atoms with E-state index in [1.807, 2.05) is 13.3 Å². The summed E-state index contributed by atoms with van der Waals surface area (Å²) in [4.78, 5) is 6.86. The van der Waals surface area contributed by atoms with Crippen molar-refractivity contribution in [2.45, 2.75) is 46.2 Å². The van der Waals surface area contributed by atoms with Gasteiger partial charge in [-0.1, -0.05) is 0 Å². The van der Waals surface area contributed by atoms with Gasteiger partial charge in [-0.2, -0.15) is 0 Å². The van der Waals surface area contributed by atoms with Crippen molar-refractivity contribution in [2.75, 3.05) is 13.1 Å². The first-order valence-electron chi connectivity index (χ1n) is 6.18. The molecule has 0 bridgehead atoms. The molecule has 90 valence electrons. The van der Waals surface area contributed by atoms with E-state index in [4.69, 9.17) is 0 Å². The van der Waals surface area contributed by atoms with E-state index in [0.29, 0.717) is 5.54 Å². The second-order valence-electron chi connectivity index (χ2n) is 5.98. The van der Waals surface area contributed by atoms with Gasteiger partial charge in [0.15, 0.2) is 0 Å². The normalized spacial score (nSPS) is 22.9. The van der Waals surface area contributed by atoms with E-state index in [-0.39, 0.29) is 0 Å². The second-order valence-corrected chi connectivity index (χ2v) is 5.98. The van der Waals surface area contributed by atoms with Crippen LogP contribution in [0.15, 0.2) is 12.5 Å². The third-order valence-corrected chi connectivity index (χ3v) is 3.47. The van der Waals surface area contributed by atoms with Crippen LogP contribution in [-0.2, 0) is 6.54 Å². The molecule has 0 radical (unpaired) electrons. The summed E-state index contributed by atoms with van der Waals surface area (Å²) >= 11 is 0. The van der Waals surface area contributed by atoms with Crippen LogP contribution >= 0.6 is 0 Å². The van der Waals surface area contributed by atoms with Crippen molar-refractivity contribution in [3.05, 3.63) is 18.2 Å². The van der Waals surface area contributed by atoms with Crippen molar-refractivity contribution < 1.29 is 0 Å². The SMILES string of the molecule is Cc1cn(C[C@@H]2CCN(C(C)(C)C)C2)cn1. The minimum atomic E-state index is 0.319. The number of likely N-dealkylation sites (tertiary alicyclic amines) is 1. The smallest absolute Gasteiger partial charge is 0.0949 e. The Labute approximate surface area is 98.5 Å². The standard InChI is InChI=1S/C13H23N3/c1-11-7-15(10-14-11)8-12-5-6-16(9-12)13(2,3)4/h7,10,12H,5-6,8-9H2,1-4H3/t12-/m0/s1. The predicted molar refractivity (Wildman–Crippen MR) is 66.4 cm³/mol. The Morgan fingerprint density at radius 3 is 2.69 bits per heavy atom. The molecule has 2 rings (SSSR count). The van der Waals surface area contributed by atoms with Gasteiger partial charge in [-0.3, -0.25) is 4.90 Å². The van der Waals surface area contributed by atoms with Crippen LogP contribution in [-0.4, -0.2) is 33.1 Å². The summed E-state index contributed by atoms with van der Waals surface area (Å²) < 4.78 is 2.23. The summed E-state index contributed by atoms with van der Waals surface area (Å²) in [5.41, 5.74) is 1.44. The molecule has 0 unspecified atom stereocenters. The highest BCUT2D eigenvalue weighted by Gasteiger charge is 2.30. The molecule has 0 N–H and O–H groups in total. The Balaban J connectivity index is 1.90. The number of rotatable bonds is 2. The number of hydrogen-bond acceptors (Lipinski definition) is 2. The van der Waals surface area contributed by atoms with Crippen molar-refractivity contribution in [3.63, 3.8) is 0 Å². The van der Waals surface area contributed by atoms with E-state index < -0.39 is 0 Å². The lowest BCUT2D eigenvalue weighted by molar-refractivity contribution is 0.166. The van der Waals surface area contributed by atoms with Crippen LogP contribution in [0.3, 0.4) is 0 Å². The predicted octanol–water partition coefficient (Wildman–Crippen LogP) is 2.31. The zero-order chi connectivity index (χ0) is 11.8. The highest BCUT2D eigenvalue weighted by Crippen LogP contribution is 2.25. The average molecular weight is 221 g/mol. The molecule has 1 aliphatic rings. The average Bonchev–Trinajstić information content (AvgIpc) is 2.74. The fourth-order valence-corrected chi connectivity index (χ4v) is 2.46. The fourth-order valence-electron chi connectivity index (χ4n) is 2.46. The maximum atomic E-state index is 4.28. The Hall–Kier alpha value is -0.830. The van der Waals surface area contributed by atoms with Gasteiger partial charge in [0.1, 0.15) is 0 Å². The molecule has 0 aliphatic carbocycles. The maximum Gasteiger partial charge on any atom is 0.0949 e. The molecule has 1 atom stereocenters. The summed E-state index contributed by atoms with van der Waals surface area (Å²) in [6, 6.07) is 0. The van der Waals surface area contributed by atoms with E-state index in [0.717, 1.165) is 18.2 Å². The molecule has 16 heavy (non-hydrogen) atoms. The first kappa shape index (κ1) is 11.6.